The summed E-state index contributed by atoms with van der Waals surface area (Å²) in [6.45, 7) is 1.43. The monoisotopic (exact) mass is 399 g/mol. The summed E-state index contributed by atoms with van der Waals surface area (Å²) in [7, 11) is 3.07. The fourth-order valence-corrected chi connectivity index (χ4v) is 4.15. The zero-order valence-electron chi connectivity index (χ0n) is 17.1. The number of hydrogen-bond donors (Lipinski definition) is 2. The van der Waals surface area contributed by atoms with Crippen molar-refractivity contribution in [2.24, 2.45) is 0 Å². The summed E-state index contributed by atoms with van der Waals surface area (Å²) in [5, 5.41) is 22.7. The Morgan fingerprint density at radius 3 is 2.21 bits per heavy atom. The van der Waals surface area contributed by atoms with E-state index in [0.29, 0.717) is 6.42 Å². The molecule has 1 saturated heterocycles. The second-order valence-corrected chi connectivity index (χ2v) is 7.65. The highest BCUT2D eigenvalue weighted by molar-refractivity contribution is 5.73. The van der Waals surface area contributed by atoms with E-state index in [4.69, 9.17) is 9.47 Å². The smallest absolute Gasteiger partial charge is 0.219 e. The fraction of sp³-hybridized carbons (Fsp3) is 0.435. The maximum Gasteiger partial charge on any atom is 0.219 e. The van der Waals surface area contributed by atoms with Crippen LogP contribution in [0.2, 0.25) is 0 Å². The van der Waals surface area contributed by atoms with Gasteiger partial charge in [0.25, 0.3) is 0 Å². The van der Waals surface area contributed by atoms with Crippen LogP contribution in [0.25, 0.3) is 0 Å². The molecule has 2 aromatic carbocycles. The molecular formula is C23H29NO5. The van der Waals surface area contributed by atoms with Crippen LogP contribution in [-0.4, -0.2) is 65.3 Å². The zero-order valence-corrected chi connectivity index (χ0v) is 17.1. The van der Waals surface area contributed by atoms with E-state index in [1.165, 1.54) is 18.9 Å². The maximum atomic E-state index is 12.2. The lowest BCUT2D eigenvalue weighted by Crippen LogP contribution is -2.60. The molecule has 0 aliphatic carbocycles. The number of amides is 1. The molecule has 2 N–H and O–H groups in total. The van der Waals surface area contributed by atoms with Crippen molar-refractivity contribution in [3.05, 3.63) is 71.8 Å². The van der Waals surface area contributed by atoms with Crippen molar-refractivity contribution in [2.75, 3.05) is 14.2 Å². The molecule has 0 spiro atoms. The molecule has 0 radical (unpaired) electrons. The van der Waals surface area contributed by atoms with Gasteiger partial charge in [-0.05, 0) is 11.1 Å². The molecular weight excluding hydrogens is 370 g/mol. The summed E-state index contributed by atoms with van der Waals surface area (Å²) in [6.07, 6.45) is -2.14. The van der Waals surface area contributed by atoms with E-state index in [9.17, 15) is 15.0 Å². The van der Waals surface area contributed by atoms with Crippen LogP contribution in [0.15, 0.2) is 60.7 Å². The normalized spacial score (nSPS) is 27.6. The summed E-state index contributed by atoms with van der Waals surface area (Å²) in [4.78, 5) is 13.7. The molecule has 3 rings (SSSR count). The van der Waals surface area contributed by atoms with Gasteiger partial charge in [-0.25, -0.2) is 0 Å². The Morgan fingerprint density at radius 1 is 1.14 bits per heavy atom. The lowest BCUT2D eigenvalue weighted by Gasteiger charge is -2.39. The number of nitrogens with zero attached hydrogens (tertiary/aromatic N) is 1. The van der Waals surface area contributed by atoms with Crippen LogP contribution in [0.4, 0.5) is 0 Å². The number of aliphatic hydroxyl groups excluding tert-OH is 1. The largest absolute Gasteiger partial charge is 0.390 e. The van der Waals surface area contributed by atoms with Crippen molar-refractivity contribution in [1.82, 2.24) is 4.90 Å². The summed E-state index contributed by atoms with van der Waals surface area (Å²) in [5.41, 5.74) is 0.319. The van der Waals surface area contributed by atoms with Crippen molar-refractivity contribution >= 4 is 5.91 Å². The van der Waals surface area contributed by atoms with Gasteiger partial charge in [-0.1, -0.05) is 60.7 Å². The van der Waals surface area contributed by atoms with Crippen molar-refractivity contribution < 1.29 is 24.5 Å². The Kier molecular flexibility index (Phi) is 6.70. The third kappa shape index (κ3) is 4.51. The third-order valence-corrected chi connectivity index (χ3v) is 5.64. The second-order valence-electron chi connectivity index (χ2n) is 7.65. The van der Waals surface area contributed by atoms with Gasteiger partial charge in [-0.3, -0.25) is 4.79 Å². The predicted octanol–water partition coefficient (Wildman–Crippen LogP) is 1.78. The van der Waals surface area contributed by atoms with Gasteiger partial charge in [-0.15, -0.1) is 0 Å². The molecule has 1 fully saturated rings. The minimum absolute atomic E-state index is 0.223. The number of ether oxygens (including phenoxy) is 2. The molecule has 156 valence electrons. The number of aliphatic hydroxyl groups is 2. The summed E-state index contributed by atoms with van der Waals surface area (Å²) < 4.78 is 11.5. The van der Waals surface area contributed by atoms with E-state index < -0.39 is 30.1 Å². The number of carbonyl (C=O) groups is 1. The van der Waals surface area contributed by atoms with Crippen LogP contribution < -0.4 is 0 Å². The number of likely N-dealkylation sites (N-methyl/N-ethyl adjacent to an activating group) is 1. The van der Waals surface area contributed by atoms with E-state index in [0.717, 1.165) is 11.1 Å². The van der Waals surface area contributed by atoms with Gasteiger partial charge in [0.05, 0.1) is 12.1 Å². The number of hydrogen-bond acceptors (Lipinski definition) is 5. The van der Waals surface area contributed by atoms with Crippen LogP contribution in [0.3, 0.4) is 0 Å². The van der Waals surface area contributed by atoms with E-state index >= 15 is 0 Å². The van der Waals surface area contributed by atoms with Crippen LogP contribution >= 0.6 is 0 Å². The summed E-state index contributed by atoms with van der Waals surface area (Å²) >= 11 is 0. The first-order valence-corrected chi connectivity index (χ1v) is 9.76. The highest BCUT2D eigenvalue weighted by Crippen LogP contribution is 2.39. The standard InChI is InChI=1S/C23H29NO5/c1-16(25)24(2)21-20(19(26)14-17-10-6-4-7-11-17)29-22(28-3)23(21,27)15-18-12-8-5-9-13-18/h4-13,19-22,26-27H,14-15H2,1-3H3/t19?,20-,21+,22+,23-/m1/s1. The molecule has 2 aromatic rings. The molecule has 1 aliphatic heterocycles. The summed E-state index contributed by atoms with van der Waals surface area (Å²) in [5.74, 6) is -0.223. The van der Waals surface area contributed by atoms with Crippen molar-refractivity contribution in [3.8, 4) is 0 Å². The van der Waals surface area contributed by atoms with E-state index in [2.05, 4.69) is 0 Å². The molecule has 5 atom stereocenters. The number of rotatable bonds is 7. The van der Waals surface area contributed by atoms with Gasteiger partial charge in [0, 0.05) is 33.9 Å². The van der Waals surface area contributed by atoms with Crippen LogP contribution in [0.1, 0.15) is 18.1 Å². The first-order valence-electron chi connectivity index (χ1n) is 9.76. The van der Waals surface area contributed by atoms with Gasteiger partial charge in [0.1, 0.15) is 11.7 Å². The highest BCUT2D eigenvalue weighted by Gasteiger charge is 2.60. The topological polar surface area (TPSA) is 79.2 Å². The molecule has 6 heteroatoms. The Labute approximate surface area is 171 Å². The molecule has 1 aliphatic rings. The van der Waals surface area contributed by atoms with E-state index in [1.54, 1.807) is 7.05 Å². The zero-order chi connectivity index (χ0) is 21.0. The number of benzene rings is 2. The Morgan fingerprint density at radius 2 is 1.69 bits per heavy atom. The Bertz CT molecular complexity index is 799. The minimum atomic E-state index is -1.52. The molecule has 0 aromatic heterocycles. The predicted molar refractivity (Wildman–Crippen MR) is 109 cm³/mol. The SMILES string of the molecule is CO[C@H]1O[C@H](C(O)Cc2ccccc2)[C@H](N(C)C(C)=O)[C@]1(O)Cc1ccccc1. The molecule has 6 nitrogen and oxygen atoms in total. The molecule has 0 bridgehead atoms. The quantitative estimate of drug-likeness (QED) is 0.742. The van der Waals surface area contributed by atoms with Crippen LogP contribution in [0, 0.1) is 0 Å². The number of methoxy groups -OCH3 is 1. The lowest BCUT2D eigenvalue weighted by molar-refractivity contribution is -0.195. The van der Waals surface area contributed by atoms with Crippen molar-refractivity contribution in [1.29, 1.82) is 0 Å². The van der Waals surface area contributed by atoms with Gasteiger partial charge in [0.2, 0.25) is 5.91 Å². The molecule has 1 amide bonds. The van der Waals surface area contributed by atoms with Crippen molar-refractivity contribution in [2.45, 2.75) is 49.9 Å². The summed E-state index contributed by atoms with van der Waals surface area (Å²) in [6, 6.07) is 18.3. The van der Waals surface area contributed by atoms with Crippen LogP contribution in [0.5, 0.6) is 0 Å². The van der Waals surface area contributed by atoms with Gasteiger partial charge >= 0.3 is 0 Å². The number of carbonyl (C=O) groups excluding carboxylic acids is 1. The van der Waals surface area contributed by atoms with Gasteiger partial charge < -0.3 is 24.6 Å². The highest BCUT2D eigenvalue weighted by atomic mass is 16.7. The first-order chi connectivity index (χ1) is 13.9. The molecule has 0 saturated carbocycles. The van der Waals surface area contributed by atoms with Crippen LogP contribution in [-0.2, 0) is 27.1 Å². The maximum absolute atomic E-state index is 12.2. The lowest BCUT2D eigenvalue weighted by atomic mass is 9.83. The van der Waals surface area contributed by atoms with Gasteiger partial charge in [-0.2, -0.15) is 0 Å². The second kappa shape index (κ2) is 9.05. The first kappa shape index (κ1) is 21.5. The average molecular weight is 399 g/mol. The third-order valence-electron chi connectivity index (χ3n) is 5.64. The Hall–Kier alpha value is -2.25. The average Bonchev–Trinajstić information content (AvgIpc) is 3.00. The van der Waals surface area contributed by atoms with E-state index in [-0.39, 0.29) is 12.3 Å². The molecule has 1 heterocycles. The minimum Gasteiger partial charge on any atom is -0.390 e. The Balaban J connectivity index is 1.94. The van der Waals surface area contributed by atoms with E-state index in [1.807, 2.05) is 60.7 Å². The molecule has 29 heavy (non-hydrogen) atoms. The van der Waals surface area contributed by atoms with Gasteiger partial charge in [0.15, 0.2) is 6.29 Å². The fourth-order valence-electron chi connectivity index (χ4n) is 4.15. The van der Waals surface area contributed by atoms with Crippen molar-refractivity contribution in [3.63, 3.8) is 0 Å². The molecule has 1 unspecified atom stereocenters.